The van der Waals surface area contributed by atoms with Crippen molar-refractivity contribution in [3.63, 3.8) is 0 Å². The lowest BCUT2D eigenvalue weighted by molar-refractivity contribution is -0.0275. The Hall–Kier alpha value is -0.0800. The lowest BCUT2D eigenvalue weighted by atomic mass is 10.2. The molecule has 1 unspecified atom stereocenters. The second kappa shape index (κ2) is 4.43. The maximum Gasteiger partial charge on any atom is 0.0628 e. The fourth-order valence-electron chi connectivity index (χ4n) is 1.85. The summed E-state index contributed by atoms with van der Waals surface area (Å²) < 4.78 is 5.80. The third kappa shape index (κ3) is 3.65. The van der Waals surface area contributed by atoms with E-state index in [2.05, 4.69) is 32.6 Å². The van der Waals surface area contributed by atoms with Gasteiger partial charge in [-0.05, 0) is 46.7 Å². The number of hydrogen-bond acceptors (Lipinski definition) is 2. The minimum absolute atomic E-state index is 0.0159. The van der Waals surface area contributed by atoms with Gasteiger partial charge in [-0.3, -0.25) is 4.90 Å². The molecule has 1 heterocycles. The van der Waals surface area contributed by atoms with E-state index in [9.17, 15) is 0 Å². The number of nitrogens with zero attached hydrogens (tertiary/aromatic N) is 1. The Kier molecular flexibility index (Phi) is 3.74. The van der Waals surface area contributed by atoms with Crippen molar-refractivity contribution in [1.82, 2.24) is 4.90 Å². The van der Waals surface area contributed by atoms with Gasteiger partial charge in [0.25, 0.3) is 0 Å². The highest BCUT2D eigenvalue weighted by molar-refractivity contribution is 4.78. The Balaban J connectivity index is 2.28. The molecule has 1 fully saturated rings. The summed E-state index contributed by atoms with van der Waals surface area (Å²) in [6.45, 7) is 11.9. The molecule has 0 N–H and O–H groups in total. The molecule has 0 aromatic carbocycles. The molecule has 0 aliphatic carbocycles. The Morgan fingerprint density at radius 3 is 2.62 bits per heavy atom. The molecule has 13 heavy (non-hydrogen) atoms. The first kappa shape index (κ1) is 11.0. The van der Waals surface area contributed by atoms with Crippen LogP contribution >= 0.6 is 0 Å². The molecule has 0 aromatic heterocycles. The number of likely N-dealkylation sites (tertiary alicyclic amines) is 1. The van der Waals surface area contributed by atoms with E-state index in [-0.39, 0.29) is 5.60 Å². The van der Waals surface area contributed by atoms with Crippen molar-refractivity contribution in [2.45, 2.75) is 52.2 Å². The molecule has 0 saturated carbocycles. The SMILES string of the molecule is CCN1CCCC1COC(C)(C)C. The highest BCUT2D eigenvalue weighted by Gasteiger charge is 2.24. The molecule has 1 aliphatic rings. The zero-order chi connectivity index (χ0) is 9.90. The second-order valence-corrected chi connectivity index (χ2v) is 4.85. The van der Waals surface area contributed by atoms with Gasteiger partial charge in [-0.2, -0.15) is 0 Å². The summed E-state index contributed by atoms with van der Waals surface area (Å²) in [5, 5.41) is 0. The molecule has 0 amide bonds. The van der Waals surface area contributed by atoms with Crippen LogP contribution in [-0.2, 0) is 4.74 Å². The van der Waals surface area contributed by atoms with Crippen LogP contribution in [0, 0.1) is 0 Å². The highest BCUT2D eigenvalue weighted by Crippen LogP contribution is 2.18. The fourth-order valence-corrected chi connectivity index (χ4v) is 1.85. The van der Waals surface area contributed by atoms with Crippen LogP contribution in [0.15, 0.2) is 0 Å². The zero-order valence-electron chi connectivity index (χ0n) is 9.47. The molecular weight excluding hydrogens is 162 g/mol. The molecule has 1 aliphatic heterocycles. The maximum absolute atomic E-state index is 5.80. The molecule has 2 nitrogen and oxygen atoms in total. The van der Waals surface area contributed by atoms with Gasteiger partial charge in [-0.25, -0.2) is 0 Å². The molecule has 1 saturated heterocycles. The normalized spacial score (nSPS) is 25.4. The summed E-state index contributed by atoms with van der Waals surface area (Å²) in [5.74, 6) is 0. The first-order chi connectivity index (χ1) is 6.03. The van der Waals surface area contributed by atoms with Gasteiger partial charge in [-0.1, -0.05) is 6.92 Å². The van der Waals surface area contributed by atoms with Crippen LogP contribution in [-0.4, -0.2) is 36.2 Å². The van der Waals surface area contributed by atoms with E-state index in [0.717, 1.165) is 13.2 Å². The molecule has 2 heteroatoms. The van der Waals surface area contributed by atoms with Gasteiger partial charge in [0.1, 0.15) is 0 Å². The van der Waals surface area contributed by atoms with Crippen molar-refractivity contribution in [2.75, 3.05) is 19.7 Å². The van der Waals surface area contributed by atoms with Gasteiger partial charge in [0.2, 0.25) is 0 Å². The Labute approximate surface area is 82.3 Å². The molecule has 0 aromatic rings. The second-order valence-electron chi connectivity index (χ2n) is 4.85. The van der Waals surface area contributed by atoms with Crippen molar-refractivity contribution < 1.29 is 4.74 Å². The lowest BCUT2D eigenvalue weighted by Gasteiger charge is -2.27. The predicted octanol–water partition coefficient (Wildman–Crippen LogP) is 2.29. The van der Waals surface area contributed by atoms with Crippen LogP contribution in [0.2, 0.25) is 0 Å². The van der Waals surface area contributed by atoms with Crippen LogP contribution in [0.25, 0.3) is 0 Å². The summed E-state index contributed by atoms with van der Waals surface area (Å²) in [6.07, 6.45) is 2.65. The smallest absolute Gasteiger partial charge is 0.0628 e. The quantitative estimate of drug-likeness (QED) is 0.669. The largest absolute Gasteiger partial charge is 0.374 e. The van der Waals surface area contributed by atoms with Crippen LogP contribution in [0.3, 0.4) is 0 Å². The van der Waals surface area contributed by atoms with Crippen LogP contribution in [0.1, 0.15) is 40.5 Å². The fraction of sp³-hybridized carbons (Fsp3) is 1.00. The average Bonchev–Trinajstić information content (AvgIpc) is 2.46. The minimum Gasteiger partial charge on any atom is -0.374 e. The monoisotopic (exact) mass is 185 g/mol. The maximum atomic E-state index is 5.80. The van der Waals surface area contributed by atoms with Gasteiger partial charge in [0.05, 0.1) is 12.2 Å². The summed E-state index contributed by atoms with van der Waals surface area (Å²) in [6, 6.07) is 0.671. The third-order valence-corrected chi connectivity index (χ3v) is 2.61. The van der Waals surface area contributed by atoms with Crippen molar-refractivity contribution >= 4 is 0 Å². The number of rotatable bonds is 3. The average molecular weight is 185 g/mol. The molecule has 0 bridgehead atoms. The zero-order valence-corrected chi connectivity index (χ0v) is 9.47. The lowest BCUT2D eigenvalue weighted by Crippen LogP contribution is -2.35. The van der Waals surface area contributed by atoms with E-state index in [1.165, 1.54) is 19.4 Å². The Bertz CT molecular complexity index is 151. The number of likely N-dealkylation sites (N-methyl/N-ethyl adjacent to an activating group) is 1. The van der Waals surface area contributed by atoms with E-state index in [1.54, 1.807) is 0 Å². The van der Waals surface area contributed by atoms with Crippen LogP contribution in [0.5, 0.6) is 0 Å². The highest BCUT2D eigenvalue weighted by atomic mass is 16.5. The van der Waals surface area contributed by atoms with Crippen LogP contribution in [0.4, 0.5) is 0 Å². The van der Waals surface area contributed by atoms with Gasteiger partial charge < -0.3 is 4.74 Å². The van der Waals surface area contributed by atoms with Crippen molar-refractivity contribution in [1.29, 1.82) is 0 Å². The molecule has 0 spiro atoms. The molecule has 78 valence electrons. The van der Waals surface area contributed by atoms with E-state index in [4.69, 9.17) is 4.74 Å². The number of ether oxygens (including phenoxy) is 1. The van der Waals surface area contributed by atoms with Gasteiger partial charge >= 0.3 is 0 Å². The minimum atomic E-state index is 0.0159. The third-order valence-electron chi connectivity index (χ3n) is 2.61. The van der Waals surface area contributed by atoms with Gasteiger partial charge in [0, 0.05) is 6.04 Å². The topological polar surface area (TPSA) is 12.5 Å². The van der Waals surface area contributed by atoms with Crippen molar-refractivity contribution in [2.24, 2.45) is 0 Å². The summed E-state index contributed by atoms with van der Waals surface area (Å²) in [4.78, 5) is 2.52. The molecule has 1 rings (SSSR count). The first-order valence-electron chi connectivity index (χ1n) is 5.41. The van der Waals surface area contributed by atoms with Gasteiger partial charge in [0.15, 0.2) is 0 Å². The number of hydrogen-bond donors (Lipinski definition) is 0. The predicted molar refractivity (Wildman–Crippen MR) is 56.0 cm³/mol. The molecule has 1 atom stereocenters. The van der Waals surface area contributed by atoms with Crippen molar-refractivity contribution in [3.8, 4) is 0 Å². The van der Waals surface area contributed by atoms with Crippen LogP contribution < -0.4 is 0 Å². The van der Waals surface area contributed by atoms with E-state index >= 15 is 0 Å². The van der Waals surface area contributed by atoms with Crippen molar-refractivity contribution in [3.05, 3.63) is 0 Å². The molecular formula is C11H23NO. The summed E-state index contributed by atoms with van der Waals surface area (Å²) in [5.41, 5.74) is 0.0159. The first-order valence-corrected chi connectivity index (χ1v) is 5.41. The van der Waals surface area contributed by atoms with E-state index in [1.807, 2.05) is 0 Å². The Morgan fingerprint density at radius 2 is 2.08 bits per heavy atom. The van der Waals surface area contributed by atoms with E-state index in [0.29, 0.717) is 6.04 Å². The standard InChI is InChI=1S/C11H23NO/c1-5-12-8-6-7-10(12)9-13-11(2,3)4/h10H,5-9H2,1-4H3. The summed E-state index contributed by atoms with van der Waals surface area (Å²) >= 11 is 0. The van der Waals surface area contributed by atoms with E-state index < -0.39 is 0 Å². The summed E-state index contributed by atoms with van der Waals surface area (Å²) in [7, 11) is 0. The van der Waals surface area contributed by atoms with Gasteiger partial charge in [-0.15, -0.1) is 0 Å². The Morgan fingerprint density at radius 1 is 1.38 bits per heavy atom. The molecule has 0 radical (unpaired) electrons.